The lowest BCUT2D eigenvalue weighted by molar-refractivity contribution is 0.0528. The highest BCUT2D eigenvalue weighted by Gasteiger charge is 2.15. The van der Waals surface area contributed by atoms with Gasteiger partial charge in [-0.15, -0.1) is 0 Å². The van der Waals surface area contributed by atoms with E-state index in [1.165, 1.54) is 0 Å². The highest BCUT2D eigenvalue weighted by atomic mass is 16.6. The van der Waals surface area contributed by atoms with Gasteiger partial charge in [0.25, 0.3) is 0 Å². The molecule has 0 heterocycles. The average Bonchev–Trinajstić information content (AvgIpc) is 2.34. The van der Waals surface area contributed by atoms with Crippen LogP contribution in [0.15, 0.2) is 0 Å². The summed E-state index contributed by atoms with van der Waals surface area (Å²) in [5.41, 5.74) is 4.92. The van der Waals surface area contributed by atoms with Crippen LogP contribution in [0.25, 0.3) is 0 Å². The maximum Gasteiger partial charge on any atom is 0.407 e. The number of alkyl carbamates (subject to hydrolysis) is 1. The van der Waals surface area contributed by atoms with E-state index >= 15 is 0 Å². The second-order valence-electron chi connectivity index (χ2n) is 5.47. The topological polar surface area (TPSA) is 100 Å². The first kappa shape index (κ1) is 19.1. The van der Waals surface area contributed by atoms with Gasteiger partial charge in [0.1, 0.15) is 5.60 Å². The van der Waals surface area contributed by atoms with Crippen LogP contribution in [0.3, 0.4) is 0 Å². The molecule has 0 rings (SSSR count). The molecule has 0 aliphatic carbocycles. The SMILES string of the molecule is CC(C)(C)OC(=O)NCCNCCNCCNCCN. The summed E-state index contributed by atoms with van der Waals surface area (Å²) >= 11 is 0. The Hall–Kier alpha value is -0.890. The third-order valence-electron chi connectivity index (χ3n) is 2.25. The molecule has 6 N–H and O–H groups in total. The van der Waals surface area contributed by atoms with Crippen molar-refractivity contribution in [1.82, 2.24) is 21.3 Å². The zero-order chi connectivity index (χ0) is 15.3. The fourth-order valence-corrected chi connectivity index (χ4v) is 1.40. The number of nitrogens with one attached hydrogen (secondary N) is 4. The van der Waals surface area contributed by atoms with Crippen LogP contribution in [0.4, 0.5) is 4.79 Å². The fraction of sp³-hybridized carbons (Fsp3) is 0.923. The van der Waals surface area contributed by atoms with Crippen molar-refractivity contribution >= 4 is 6.09 Å². The number of nitrogens with two attached hydrogens (primary N) is 1. The Bertz CT molecular complexity index is 243. The predicted octanol–water partition coefficient (Wildman–Crippen LogP) is -0.761. The third-order valence-corrected chi connectivity index (χ3v) is 2.25. The molecule has 120 valence electrons. The Morgan fingerprint density at radius 3 is 1.80 bits per heavy atom. The van der Waals surface area contributed by atoms with E-state index in [1.54, 1.807) is 0 Å². The van der Waals surface area contributed by atoms with Gasteiger partial charge in [0, 0.05) is 52.4 Å². The summed E-state index contributed by atoms with van der Waals surface area (Å²) in [6, 6.07) is 0. The zero-order valence-corrected chi connectivity index (χ0v) is 13.1. The molecule has 7 nitrogen and oxygen atoms in total. The molecule has 7 heteroatoms. The lowest BCUT2D eigenvalue weighted by Crippen LogP contribution is -2.38. The Kier molecular flexibility index (Phi) is 11.4. The van der Waals surface area contributed by atoms with Gasteiger partial charge in [0.2, 0.25) is 0 Å². The van der Waals surface area contributed by atoms with Gasteiger partial charge in [-0.3, -0.25) is 0 Å². The number of rotatable bonds is 11. The van der Waals surface area contributed by atoms with Crippen LogP contribution >= 0.6 is 0 Å². The average molecular weight is 289 g/mol. The van der Waals surface area contributed by atoms with Crippen LogP contribution < -0.4 is 27.0 Å². The van der Waals surface area contributed by atoms with Gasteiger partial charge in [-0.25, -0.2) is 4.79 Å². The third kappa shape index (κ3) is 15.2. The summed E-state index contributed by atoms with van der Waals surface area (Å²) in [4.78, 5) is 11.3. The van der Waals surface area contributed by atoms with Crippen molar-refractivity contribution in [2.24, 2.45) is 5.73 Å². The number of carbonyl (C=O) groups excluding carboxylic acids is 1. The Morgan fingerprint density at radius 2 is 1.35 bits per heavy atom. The normalized spacial score (nSPS) is 11.4. The van der Waals surface area contributed by atoms with Crippen molar-refractivity contribution in [3.63, 3.8) is 0 Å². The quantitative estimate of drug-likeness (QED) is 0.321. The van der Waals surface area contributed by atoms with Gasteiger partial charge in [0.05, 0.1) is 0 Å². The summed E-state index contributed by atoms with van der Waals surface area (Å²) in [7, 11) is 0. The molecule has 0 aliphatic rings. The molecule has 0 radical (unpaired) electrons. The molecule has 0 aliphatic heterocycles. The molecular weight excluding hydrogens is 258 g/mol. The second-order valence-corrected chi connectivity index (χ2v) is 5.47. The molecule has 0 bridgehead atoms. The molecule has 1 amide bonds. The maximum absolute atomic E-state index is 11.3. The van der Waals surface area contributed by atoms with Crippen molar-refractivity contribution in [3.8, 4) is 0 Å². The second kappa shape index (κ2) is 11.9. The highest BCUT2D eigenvalue weighted by molar-refractivity contribution is 5.67. The summed E-state index contributed by atoms with van der Waals surface area (Å²) in [5, 5.41) is 12.4. The molecule has 0 fully saturated rings. The van der Waals surface area contributed by atoms with Crippen LogP contribution in [0.2, 0.25) is 0 Å². The van der Waals surface area contributed by atoms with Gasteiger partial charge < -0.3 is 31.7 Å². The molecule has 0 aromatic carbocycles. The fourth-order valence-electron chi connectivity index (χ4n) is 1.40. The maximum atomic E-state index is 11.3. The van der Waals surface area contributed by atoms with Crippen LogP contribution in [-0.4, -0.2) is 64.1 Å². The van der Waals surface area contributed by atoms with Crippen LogP contribution in [0.1, 0.15) is 20.8 Å². The van der Waals surface area contributed by atoms with Gasteiger partial charge >= 0.3 is 6.09 Å². The lowest BCUT2D eigenvalue weighted by atomic mass is 10.2. The van der Waals surface area contributed by atoms with Gasteiger partial charge in [-0.2, -0.15) is 0 Å². The van der Waals surface area contributed by atoms with Crippen molar-refractivity contribution in [3.05, 3.63) is 0 Å². The van der Waals surface area contributed by atoms with E-state index in [0.29, 0.717) is 13.1 Å². The van der Waals surface area contributed by atoms with Crippen molar-refractivity contribution in [2.45, 2.75) is 26.4 Å². The number of hydrogen-bond acceptors (Lipinski definition) is 6. The van der Waals surface area contributed by atoms with E-state index in [1.807, 2.05) is 20.8 Å². The minimum absolute atomic E-state index is 0.372. The van der Waals surface area contributed by atoms with Gasteiger partial charge in [0.15, 0.2) is 0 Å². The van der Waals surface area contributed by atoms with E-state index in [-0.39, 0.29) is 6.09 Å². The smallest absolute Gasteiger partial charge is 0.407 e. The summed E-state index contributed by atoms with van der Waals surface area (Å²) < 4.78 is 5.12. The van der Waals surface area contributed by atoms with Crippen molar-refractivity contribution < 1.29 is 9.53 Å². The van der Waals surface area contributed by atoms with E-state index in [2.05, 4.69) is 21.3 Å². The van der Waals surface area contributed by atoms with E-state index < -0.39 is 5.60 Å². The van der Waals surface area contributed by atoms with Crippen LogP contribution in [0.5, 0.6) is 0 Å². The van der Waals surface area contributed by atoms with E-state index in [9.17, 15) is 4.79 Å². The summed E-state index contributed by atoms with van der Waals surface area (Å²) in [6.45, 7) is 12.0. The van der Waals surface area contributed by atoms with Gasteiger partial charge in [-0.05, 0) is 20.8 Å². The van der Waals surface area contributed by atoms with E-state index in [0.717, 1.165) is 39.3 Å². The Morgan fingerprint density at radius 1 is 0.900 bits per heavy atom. The molecule has 20 heavy (non-hydrogen) atoms. The molecule has 0 aromatic heterocycles. The first-order valence-electron chi connectivity index (χ1n) is 7.25. The number of ether oxygens (including phenoxy) is 1. The molecule has 0 aromatic rings. The predicted molar refractivity (Wildman–Crippen MR) is 81.9 cm³/mol. The molecule has 0 saturated heterocycles. The highest BCUT2D eigenvalue weighted by Crippen LogP contribution is 2.05. The molecule has 0 spiro atoms. The number of carbonyl (C=O) groups is 1. The summed E-state index contributed by atoms with van der Waals surface area (Å²) in [6.07, 6.45) is -0.372. The number of hydrogen-bond donors (Lipinski definition) is 5. The Labute approximate surface area is 122 Å². The molecule has 0 saturated carbocycles. The largest absolute Gasteiger partial charge is 0.444 e. The van der Waals surface area contributed by atoms with Crippen molar-refractivity contribution in [1.29, 1.82) is 0 Å². The van der Waals surface area contributed by atoms with Gasteiger partial charge in [-0.1, -0.05) is 0 Å². The van der Waals surface area contributed by atoms with Crippen LogP contribution in [-0.2, 0) is 4.74 Å². The first-order chi connectivity index (χ1) is 9.45. The Balaban J connectivity index is 3.19. The molecular formula is C13H31N5O2. The van der Waals surface area contributed by atoms with Crippen molar-refractivity contribution in [2.75, 3.05) is 52.4 Å². The molecule has 0 atom stereocenters. The standard InChI is InChI=1S/C13H31N5O2/c1-13(2,3)20-12(19)18-11-10-17-9-8-16-7-6-15-5-4-14/h15-17H,4-11,14H2,1-3H3,(H,18,19). The minimum atomic E-state index is -0.445. The lowest BCUT2D eigenvalue weighted by Gasteiger charge is -2.19. The summed E-state index contributed by atoms with van der Waals surface area (Å²) in [5.74, 6) is 0. The molecule has 0 unspecified atom stereocenters. The minimum Gasteiger partial charge on any atom is -0.444 e. The monoisotopic (exact) mass is 289 g/mol. The first-order valence-corrected chi connectivity index (χ1v) is 7.25. The van der Waals surface area contributed by atoms with E-state index in [4.69, 9.17) is 10.5 Å². The number of amides is 1. The zero-order valence-electron chi connectivity index (χ0n) is 13.1. The van der Waals surface area contributed by atoms with Crippen LogP contribution in [0, 0.1) is 0 Å².